The van der Waals surface area contributed by atoms with Gasteiger partial charge >= 0.3 is 6.09 Å². The number of rotatable bonds is 2. The highest BCUT2D eigenvalue weighted by molar-refractivity contribution is 14.0. The maximum absolute atomic E-state index is 12.1. The van der Waals surface area contributed by atoms with Crippen molar-refractivity contribution in [1.82, 2.24) is 14.7 Å². The number of hydrogen-bond acceptors (Lipinski definition) is 4. The molecular formula is C17H34IN5O2. The number of nitrogens with two attached hydrogens (primary N) is 1. The molecule has 0 radical (unpaired) electrons. The number of carbonyl (C=O) groups excluding carboxylic acids is 1. The molecule has 0 unspecified atom stereocenters. The van der Waals surface area contributed by atoms with Crippen molar-refractivity contribution in [3.63, 3.8) is 0 Å². The van der Waals surface area contributed by atoms with Gasteiger partial charge in [-0.05, 0) is 59.7 Å². The van der Waals surface area contributed by atoms with E-state index in [-0.39, 0.29) is 30.1 Å². The summed E-state index contributed by atoms with van der Waals surface area (Å²) < 4.78 is 5.41. The fourth-order valence-corrected chi connectivity index (χ4v) is 3.01. The molecule has 0 aromatic heterocycles. The minimum Gasteiger partial charge on any atom is -0.444 e. The Bertz CT molecular complexity index is 450. The number of carbonyl (C=O) groups is 1. The average molecular weight is 467 g/mol. The number of piperazine rings is 1. The van der Waals surface area contributed by atoms with Crippen LogP contribution in [0.1, 0.15) is 33.6 Å². The summed E-state index contributed by atoms with van der Waals surface area (Å²) in [4.78, 5) is 22.8. The Hall–Kier alpha value is -0.770. The number of halogens is 1. The summed E-state index contributed by atoms with van der Waals surface area (Å²) in [5.41, 5.74) is 5.69. The molecule has 0 aromatic rings. The van der Waals surface area contributed by atoms with Gasteiger partial charge in [0.05, 0.1) is 0 Å². The number of ether oxygens (including phenoxy) is 1. The normalized spacial score (nSPS) is 21.0. The second-order valence-electron chi connectivity index (χ2n) is 7.90. The number of aliphatic imine (C=N–C) groups is 1. The molecule has 25 heavy (non-hydrogen) atoms. The van der Waals surface area contributed by atoms with Gasteiger partial charge in [-0.25, -0.2) is 4.79 Å². The van der Waals surface area contributed by atoms with Crippen LogP contribution >= 0.6 is 24.0 Å². The minimum absolute atomic E-state index is 0. The fraction of sp³-hybridized carbons (Fsp3) is 0.882. The Labute approximate surface area is 169 Å². The smallest absolute Gasteiger partial charge is 0.410 e. The molecule has 146 valence electrons. The van der Waals surface area contributed by atoms with Crippen LogP contribution in [0, 0.1) is 5.92 Å². The van der Waals surface area contributed by atoms with Gasteiger partial charge in [0, 0.05) is 32.7 Å². The zero-order valence-corrected chi connectivity index (χ0v) is 18.4. The molecule has 2 fully saturated rings. The average Bonchev–Trinajstić information content (AvgIpc) is 2.52. The van der Waals surface area contributed by atoms with Gasteiger partial charge in [-0.15, -0.1) is 24.0 Å². The molecule has 2 aliphatic rings. The lowest BCUT2D eigenvalue weighted by molar-refractivity contribution is 0.0186. The summed E-state index contributed by atoms with van der Waals surface area (Å²) >= 11 is 0. The molecular weight excluding hydrogens is 433 g/mol. The van der Waals surface area contributed by atoms with Gasteiger partial charge in [0.2, 0.25) is 0 Å². The van der Waals surface area contributed by atoms with E-state index in [1.54, 1.807) is 4.90 Å². The Balaban J connectivity index is 0.00000312. The van der Waals surface area contributed by atoms with Crippen LogP contribution < -0.4 is 5.73 Å². The molecule has 0 aliphatic carbocycles. The van der Waals surface area contributed by atoms with Crippen molar-refractivity contribution in [2.75, 3.05) is 52.9 Å². The van der Waals surface area contributed by atoms with Gasteiger partial charge in [-0.2, -0.15) is 0 Å². The molecule has 0 spiro atoms. The topological polar surface area (TPSA) is 74.4 Å². The number of hydrogen-bond donors (Lipinski definition) is 1. The van der Waals surface area contributed by atoms with E-state index in [4.69, 9.17) is 10.5 Å². The predicted octanol–water partition coefficient (Wildman–Crippen LogP) is 1.81. The second-order valence-corrected chi connectivity index (χ2v) is 7.90. The summed E-state index contributed by atoms with van der Waals surface area (Å²) in [6.45, 7) is 11.4. The maximum atomic E-state index is 12.1. The Morgan fingerprint density at radius 3 is 2.12 bits per heavy atom. The van der Waals surface area contributed by atoms with E-state index in [0.717, 1.165) is 19.6 Å². The zero-order valence-electron chi connectivity index (χ0n) is 16.0. The summed E-state index contributed by atoms with van der Waals surface area (Å²) in [7, 11) is 2.16. The van der Waals surface area contributed by atoms with E-state index in [9.17, 15) is 4.79 Å². The highest BCUT2D eigenvalue weighted by Crippen LogP contribution is 2.16. The first-order chi connectivity index (χ1) is 11.2. The van der Waals surface area contributed by atoms with Crippen molar-refractivity contribution in [2.24, 2.45) is 16.6 Å². The number of amides is 1. The zero-order chi connectivity index (χ0) is 17.7. The van der Waals surface area contributed by atoms with Gasteiger partial charge in [0.15, 0.2) is 5.96 Å². The van der Waals surface area contributed by atoms with Crippen molar-refractivity contribution >= 4 is 36.0 Å². The first kappa shape index (κ1) is 22.3. The van der Waals surface area contributed by atoms with Crippen molar-refractivity contribution in [3.8, 4) is 0 Å². The molecule has 0 saturated carbocycles. The van der Waals surface area contributed by atoms with Crippen LogP contribution in [0.2, 0.25) is 0 Å². The summed E-state index contributed by atoms with van der Waals surface area (Å²) in [6, 6.07) is 0. The van der Waals surface area contributed by atoms with Gasteiger partial charge < -0.3 is 25.2 Å². The first-order valence-electron chi connectivity index (χ1n) is 8.96. The third-order valence-corrected chi connectivity index (χ3v) is 4.60. The van der Waals surface area contributed by atoms with E-state index in [1.807, 2.05) is 20.8 Å². The van der Waals surface area contributed by atoms with Crippen LogP contribution in [0.3, 0.4) is 0 Å². The Morgan fingerprint density at radius 1 is 1.08 bits per heavy atom. The highest BCUT2D eigenvalue weighted by atomic mass is 127. The SMILES string of the molecule is CN1CCC(CN=C(N)N2CCN(C(=O)OC(C)(C)C)CC2)CC1.I. The largest absolute Gasteiger partial charge is 0.444 e. The summed E-state index contributed by atoms with van der Waals surface area (Å²) in [5, 5.41) is 0. The number of likely N-dealkylation sites (tertiary alicyclic amines) is 1. The quantitative estimate of drug-likeness (QED) is 0.381. The molecule has 2 aliphatic heterocycles. The van der Waals surface area contributed by atoms with Crippen LogP contribution in [0.5, 0.6) is 0 Å². The van der Waals surface area contributed by atoms with E-state index < -0.39 is 5.60 Å². The monoisotopic (exact) mass is 467 g/mol. The highest BCUT2D eigenvalue weighted by Gasteiger charge is 2.26. The molecule has 8 heteroatoms. The van der Waals surface area contributed by atoms with E-state index in [0.29, 0.717) is 38.1 Å². The lowest BCUT2D eigenvalue weighted by Crippen LogP contribution is -2.53. The third kappa shape index (κ3) is 7.55. The fourth-order valence-electron chi connectivity index (χ4n) is 3.01. The van der Waals surface area contributed by atoms with Gasteiger partial charge in [0.1, 0.15) is 5.60 Å². The predicted molar refractivity (Wildman–Crippen MR) is 112 cm³/mol. The maximum Gasteiger partial charge on any atom is 0.410 e. The molecule has 2 saturated heterocycles. The molecule has 1 amide bonds. The lowest BCUT2D eigenvalue weighted by atomic mass is 9.97. The van der Waals surface area contributed by atoms with E-state index >= 15 is 0 Å². The molecule has 2 N–H and O–H groups in total. The summed E-state index contributed by atoms with van der Waals surface area (Å²) in [5.74, 6) is 1.25. The number of nitrogens with zero attached hydrogens (tertiary/aromatic N) is 4. The van der Waals surface area contributed by atoms with Crippen LogP contribution in [-0.4, -0.2) is 85.2 Å². The van der Waals surface area contributed by atoms with Crippen molar-refractivity contribution in [1.29, 1.82) is 0 Å². The standard InChI is InChI=1S/C17H33N5O2.HI/c1-17(2,3)24-16(23)22-11-9-21(10-12-22)15(18)19-13-14-5-7-20(4)8-6-14;/h14H,5-13H2,1-4H3,(H2,18,19);1H. The molecule has 2 rings (SSSR count). The van der Waals surface area contributed by atoms with E-state index in [1.165, 1.54) is 12.8 Å². The molecule has 0 atom stereocenters. The number of piperidine rings is 1. The van der Waals surface area contributed by atoms with Crippen LogP contribution in [0.25, 0.3) is 0 Å². The molecule has 2 heterocycles. The van der Waals surface area contributed by atoms with Crippen molar-refractivity contribution < 1.29 is 9.53 Å². The minimum atomic E-state index is -0.456. The van der Waals surface area contributed by atoms with Gasteiger partial charge in [-0.1, -0.05) is 0 Å². The molecule has 0 aromatic carbocycles. The Kier molecular flexibility index (Phi) is 8.73. The lowest BCUT2D eigenvalue weighted by Gasteiger charge is -2.36. The Morgan fingerprint density at radius 2 is 1.60 bits per heavy atom. The van der Waals surface area contributed by atoms with Crippen LogP contribution in [0.15, 0.2) is 4.99 Å². The number of guanidine groups is 1. The van der Waals surface area contributed by atoms with Gasteiger partial charge in [-0.3, -0.25) is 4.99 Å². The molecule has 0 bridgehead atoms. The van der Waals surface area contributed by atoms with E-state index in [2.05, 4.69) is 21.8 Å². The summed E-state index contributed by atoms with van der Waals surface area (Å²) in [6.07, 6.45) is 2.14. The van der Waals surface area contributed by atoms with Crippen LogP contribution in [0.4, 0.5) is 4.79 Å². The second kappa shape index (κ2) is 9.80. The van der Waals surface area contributed by atoms with Crippen molar-refractivity contribution in [3.05, 3.63) is 0 Å². The van der Waals surface area contributed by atoms with Crippen LogP contribution in [-0.2, 0) is 4.74 Å². The van der Waals surface area contributed by atoms with Gasteiger partial charge in [0.25, 0.3) is 0 Å². The first-order valence-corrected chi connectivity index (χ1v) is 8.96. The van der Waals surface area contributed by atoms with Crippen molar-refractivity contribution in [2.45, 2.75) is 39.2 Å². The molecule has 7 nitrogen and oxygen atoms in total. The third-order valence-electron chi connectivity index (χ3n) is 4.60.